The van der Waals surface area contributed by atoms with Crippen LogP contribution in [0.1, 0.15) is 23.3 Å². The summed E-state index contributed by atoms with van der Waals surface area (Å²) in [6.45, 7) is 2.55. The van der Waals surface area contributed by atoms with E-state index in [0.717, 1.165) is 25.3 Å². The molecule has 1 aliphatic carbocycles. The molecule has 4 nitrogen and oxygen atoms in total. The van der Waals surface area contributed by atoms with Gasteiger partial charge in [-0.1, -0.05) is 0 Å². The molecule has 1 aromatic heterocycles. The molecule has 1 saturated carbocycles. The Morgan fingerprint density at radius 2 is 2.42 bits per heavy atom. The summed E-state index contributed by atoms with van der Waals surface area (Å²) in [6.07, 6.45) is 5.39. The lowest BCUT2D eigenvalue weighted by atomic mass is 10.2. The highest BCUT2D eigenvalue weighted by molar-refractivity contribution is 7.10. The van der Waals surface area contributed by atoms with Crippen LogP contribution in [0.5, 0.6) is 0 Å². The maximum Gasteiger partial charge on any atom is 0.328 e. The molecule has 0 atom stereocenters. The topological polar surface area (TPSA) is 49.8 Å². The largest absolute Gasteiger partial charge is 0.478 e. The Bertz CT molecular complexity index is 451. The molecule has 0 bridgehead atoms. The first kappa shape index (κ1) is 14.2. The Labute approximate surface area is 117 Å². The van der Waals surface area contributed by atoms with Gasteiger partial charge >= 0.3 is 5.97 Å². The Hall–Kier alpha value is -1.17. The molecular weight excluding hydrogens is 262 g/mol. The van der Waals surface area contributed by atoms with Crippen molar-refractivity contribution < 1.29 is 14.6 Å². The molecule has 0 radical (unpaired) electrons. The number of thiophene rings is 1. The monoisotopic (exact) mass is 281 g/mol. The SMILES string of the molecule is COCCN(Cc1sccc1/C=C/C(=O)O)C1CC1. The van der Waals surface area contributed by atoms with Crippen LogP contribution < -0.4 is 0 Å². The maximum absolute atomic E-state index is 10.6. The summed E-state index contributed by atoms with van der Waals surface area (Å²) < 4.78 is 5.15. The third-order valence-electron chi connectivity index (χ3n) is 3.18. The second kappa shape index (κ2) is 6.84. The maximum atomic E-state index is 10.6. The van der Waals surface area contributed by atoms with Gasteiger partial charge in [0.25, 0.3) is 0 Å². The van der Waals surface area contributed by atoms with E-state index in [9.17, 15) is 4.79 Å². The number of rotatable bonds is 8. The van der Waals surface area contributed by atoms with Crippen LogP contribution in [0.3, 0.4) is 0 Å². The summed E-state index contributed by atoms with van der Waals surface area (Å²) in [7, 11) is 1.72. The van der Waals surface area contributed by atoms with Gasteiger partial charge in [0, 0.05) is 37.2 Å². The molecule has 1 heterocycles. The van der Waals surface area contributed by atoms with Gasteiger partial charge in [-0.15, -0.1) is 11.3 Å². The van der Waals surface area contributed by atoms with Crippen LogP contribution in [0.2, 0.25) is 0 Å². The third-order valence-corrected chi connectivity index (χ3v) is 4.10. The summed E-state index contributed by atoms with van der Waals surface area (Å²) in [4.78, 5) is 14.2. The van der Waals surface area contributed by atoms with Gasteiger partial charge in [0.2, 0.25) is 0 Å². The summed E-state index contributed by atoms with van der Waals surface area (Å²) in [5.74, 6) is -0.907. The van der Waals surface area contributed by atoms with Gasteiger partial charge in [0.15, 0.2) is 0 Å². The third kappa shape index (κ3) is 4.45. The van der Waals surface area contributed by atoms with Crippen LogP contribution >= 0.6 is 11.3 Å². The van der Waals surface area contributed by atoms with E-state index in [1.165, 1.54) is 23.8 Å². The molecule has 1 fully saturated rings. The van der Waals surface area contributed by atoms with E-state index in [1.54, 1.807) is 24.5 Å². The second-order valence-corrected chi connectivity index (χ2v) is 5.67. The fourth-order valence-electron chi connectivity index (χ4n) is 2.01. The van der Waals surface area contributed by atoms with Gasteiger partial charge in [-0.25, -0.2) is 4.79 Å². The van der Waals surface area contributed by atoms with E-state index in [2.05, 4.69) is 4.90 Å². The zero-order valence-corrected chi connectivity index (χ0v) is 11.9. The number of nitrogens with zero attached hydrogens (tertiary/aromatic N) is 1. The lowest BCUT2D eigenvalue weighted by molar-refractivity contribution is -0.131. The van der Waals surface area contributed by atoms with Crippen LogP contribution in [0, 0.1) is 0 Å². The van der Waals surface area contributed by atoms with E-state index in [4.69, 9.17) is 9.84 Å². The van der Waals surface area contributed by atoms with E-state index >= 15 is 0 Å². The van der Waals surface area contributed by atoms with Crippen molar-refractivity contribution in [1.82, 2.24) is 4.90 Å². The Kier molecular flexibility index (Phi) is 5.13. The minimum atomic E-state index is -0.907. The minimum Gasteiger partial charge on any atom is -0.478 e. The number of carboxylic acids is 1. The predicted molar refractivity (Wildman–Crippen MR) is 76.3 cm³/mol. The average Bonchev–Trinajstić information content (AvgIpc) is 3.13. The van der Waals surface area contributed by atoms with E-state index < -0.39 is 5.97 Å². The molecule has 0 aliphatic heterocycles. The Balaban J connectivity index is 2.00. The summed E-state index contributed by atoms with van der Waals surface area (Å²) in [6, 6.07) is 2.65. The number of aliphatic carboxylic acids is 1. The van der Waals surface area contributed by atoms with Crippen molar-refractivity contribution in [2.45, 2.75) is 25.4 Å². The molecule has 1 aromatic rings. The Morgan fingerprint density at radius 3 is 3.05 bits per heavy atom. The predicted octanol–water partition coefficient (Wildman–Crippen LogP) is 2.46. The zero-order chi connectivity index (χ0) is 13.7. The van der Waals surface area contributed by atoms with Crippen LogP contribution in [0.15, 0.2) is 17.5 Å². The van der Waals surface area contributed by atoms with Crippen molar-refractivity contribution in [2.75, 3.05) is 20.3 Å². The first-order chi connectivity index (χ1) is 9.20. The molecule has 2 rings (SSSR count). The summed E-state index contributed by atoms with van der Waals surface area (Å²) >= 11 is 1.68. The number of hydrogen-bond acceptors (Lipinski definition) is 4. The first-order valence-corrected chi connectivity index (χ1v) is 7.29. The van der Waals surface area contributed by atoms with Gasteiger partial charge in [-0.2, -0.15) is 0 Å². The van der Waals surface area contributed by atoms with Crippen molar-refractivity contribution in [3.63, 3.8) is 0 Å². The molecular formula is C14H19NO3S. The van der Waals surface area contributed by atoms with Crippen molar-refractivity contribution in [3.8, 4) is 0 Å². The number of ether oxygens (including phenoxy) is 1. The molecule has 5 heteroatoms. The number of carboxylic acid groups (broad SMARTS) is 1. The Morgan fingerprint density at radius 1 is 1.63 bits per heavy atom. The second-order valence-electron chi connectivity index (χ2n) is 4.67. The van der Waals surface area contributed by atoms with E-state index in [-0.39, 0.29) is 0 Å². The molecule has 1 aliphatic rings. The number of hydrogen-bond donors (Lipinski definition) is 1. The zero-order valence-electron chi connectivity index (χ0n) is 11.0. The van der Waals surface area contributed by atoms with Gasteiger partial charge in [0.05, 0.1) is 6.61 Å². The molecule has 0 saturated heterocycles. The first-order valence-electron chi connectivity index (χ1n) is 6.41. The average molecular weight is 281 g/mol. The van der Waals surface area contributed by atoms with Crippen molar-refractivity contribution in [1.29, 1.82) is 0 Å². The van der Waals surface area contributed by atoms with E-state index in [1.807, 2.05) is 11.4 Å². The molecule has 0 spiro atoms. The van der Waals surface area contributed by atoms with Crippen LogP contribution in [0.25, 0.3) is 6.08 Å². The standard InChI is InChI=1S/C14H19NO3S/c1-18-8-7-15(12-3-4-12)10-13-11(6-9-19-13)2-5-14(16)17/h2,5-6,9,12H,3-4,7-8,10H2,1H3,(H,16,17)/b5-2+. The van der Waals surface area contributed by atoms with Crippen LogP contribution in [0.4, 0.5) is 0 Å². The molecule has 104 valence electrons. The van der Waals surface area contributed by atoms with Crippen molar-refractivity contribution in [2.24, 2.45) is 0 Å². The van der Waals surface area contributed by atoms with Crippen molar-refractivity contribution in [3.05, 3.63) is 28.0 Å². The van der Waals surface area contributed by atoms with Gasteiger partial charge < -0.3 is 9.84 Å². The minimum absolute atomic E-state index is 0.675. The highest BCUT2D eigenvalue weighted by Crippen LogP contribution is 2.30. The quantitative estimate of drug-likeness (QED) is 0.744. The van der Waals surface area contributed by atoms with Gasteiger partial charge in [0.1, 0.15) is 0 Å². The fourth-order valence-corrected chi connectivity index (χ4v) is 2.90. The van der Waals surface area contributed by atoms with Crippen LogP contribution in [-0.2, 0) is 16.1 Å². The summed E-state index contributed by atoms with van der Waals surface area (Å²) in [5, 5.41) is 10.7. The molecule has 1 N–H and O–H groups in total. The van der Waals surface area contributed by atoms with Crippen molar-refractivity contribution >= 4 is 23.4 Å². The summed E-state index contributed by atoms with van der Waals surface area (Å²) in [5.41, 5.74) is 1.01. The van der Waals surface area contributed by atoms with Gasteiger partial charge in [-0.05, 0) is 35.9 Å². The highest BCUT2D eigenvalue weighted by Gasteiger charge is 2.29. The lowest BCUT2D eigenvalue weighted by Crippen LogP contribution is -2.29. The molecule has 0 aromatic carbocycles. The molecule has 0 amide bonds. The highest BCUT2D eigenvalue weighted by atomic mass is 32.1. The van der Waals surface area contributed by atoms with Gasteiger partial charge in [-0.3, -0.25) is 4.90 Å². The normalized spacial score (nSPS) is 15.5. The molecule has 19 heavy (non-hydrogen) atoms. The smallest absolute Gasteiger partial charge is 0.328 e. The number of methoxy groups -OCH3 is 1. The van der Waals surface area contributed by atoms with E-state index in [0.29, 0.717) is 6.04 Å². The lowest BCUT2D eigenvalue weighted by Gasteiger charge is -2.21. The molecule has 0 unspecified atom stereocenters. The number of carbonyl (C=O) groups is 1. The fraction of sp³-hybridized carbons (Fsp3) is 0.500. The van der Waals surface area contributed by atoms with Crippen LogP contribution in [-0.4, -0.2) is 42.3 Å².